The van der Waals surface area contributed by atoms with Gasteiger partial charge in [0.25, 0.3) is 11.5 Å². The van der Waals surface area contributed by atoms with Crippen LogP contribution in [0.3, 0.4) is 0 Å². The third kappa shape index (κ3) is 4.02. The molecule has 3 rings (SSSR count). The molecule has 2 heterocycles. The van der Waals surface area contributed by atoms with Gasteiger partial charge >= 0.3 is 5.69 Å². The molecule has 1 amide bonds. The number of rotatable bonds is 7. The molecule has 3 aromatic rings. The second-order valence-corrected chi connectivity index (χ2v) is 6.81. The third-order valence-electron chi connectivity index (χ3n) is 4.96. The molecule has 1 N–H and O–H groups in total. The summed E-state index contributed by atoms with van der Waals surface area (Å²) in [6.07, 6.45) is 2.92. The Hall–Kier alpha value is -3.69. The van der Waals surface area contributed by atoms with Gasteiger partial charge in [-0.05, 0) is 31.5 Å². The van der Waals surface area contributed by atoms with E-state index in [1.165, 1.54) is 29.6 Å². The zero-order valence-electron chi connectivity index (χ0n) is 17.5. The van der Waals surface area contributed by atoms with Gasteiger partial charge in [-0.1, -0.05) is 12.1 Å². The van der Waals surface area contributed by atoms with Crippen LogP contribution in [0.25, 0.3) is 11.2 Å². The molecule has 2 aromatic heterocycles. The Kier molecular flexibility index (Phi) is 6.14. The third-order valence-corrected chi connectivity index (χ3v) is 4.96. The first-order chi connectivity index (χ1) is 14.4. The van der Waals surface area contributed by atoms with Crippen molar-refractivity contribution in [2.24, 2.45) is 19.2 Å². The van der Waals surface area contributed by atoms with E-state index in [4.69, 9.17) is 0 Å². The number of benzene rings is 1. The van der Waals surface area contributed by atoms with Gasteiger partial charge in [0.1, 0.15) is 6.54 Å². The summed E-state index contributed by atoms with van der Waals surface area (Å²) in [5.41, 5.74) is 3.86. The second kappa shape index (κ2) is 8.76. The number of amides is 1. The van der Waals surface area contributed by atoms with Crippen molar-refractivity contribution in [3.63, 3.8) is 0 Å². The monoisotopic (exact) mass is 411 g/mol. The van der Waals surface area contributed by atoms with Gasteiger partial charge in [-0.15, -0.1) is 0 Å². The van der Waals surface area contributed by atoms with Gasteiger partial charge in [0.15, 0.2) is 11.2 Å². The van der Waals surface area contributed by atoms with Crippen molar-refractivity contribution in [3.8, 4) is 0 Å². The minimum atomic E-state index is -0.504. The standard InChI is InChI=1S/C20H25N7O3/c1-5-26(6-2)15-9-7-14(8-10-15)11-22-23-16(28)12-27-13-21-18-17(27)19(29)25(4)20(30)24(18)3/h7-11,13H,5-6,12H2,1-4H3,(H,23,28). The number of hydrogen-bond donors (Lipinski definition) is 1. The lowest BCUT2D eigenvalue weighted by Gasteiger charge is -2.20. The molecule has 30 heavy (non-hydrogen) atoms. The molecule has 1 aromatic carbocycles. The van der Waals surface area contributed by atoms with Gasteiger partial charge in [-0.3, -0.25) is 18.7 Å². The maximum atomic E-state index is 12.4. The molecule has 0 saturated heterocycles. The van der Waals surface area contributed by atoms with Crippen molar-refractivity contribution in [2.75, 3.05) is 18.0 Å². The number of carbonyl (C=O) groups is 1. The molecule has 0 bridgehead atoms. The summed E-state index contributed by atoms with van der Waals surface area (Å²) in [5.74, 6) is -0.416. The highest BCUT2D eigenvalue weighted by Gasteiger charge is 2.15. The second-order valence-electron chi connectivity index (χ2n) is 6.81. The van der Waals surface area contributed by atoms with Crippen LogP contribution < -0.4 is 21.6 Å². The molecule has 0 atom stereocenters. The van der Waals surface area contributed by atoms with Crippen LogP contribution in [0.15, 0.2) is 45.3 Å². The van der Waals surface area contributed by atoms with Gasteiger partial charge < -0.3 is 9.47 Å². The van der Waals surface area contributed by atoms with Gasteiger partial charge in [0, 0.05) is 32.9 Å². The van der Waals surface area contributed by atoms with Crippen molar-refractivity contribution >= 4 is 29.0 Å². The number of hydrazone groups is 1. The highest BCUT2D eigenvalue weighted by atomic mass is 16.2. The molecule has 0 unspecified atom stereocenters. The Bertz CT molecular complexity index is 1200. The van der Waals surface area contributed by atoms with E-state index in [-0.39, 0.29) is 17.7 Å². The van der Waals surface area contributed by atoms with Crippen LogP contribution in [0.1, 0.15) is 19.4 Å². The zero-order valence-corrected chi connectivity index (χ0v) is 17.5. The number of anilines is 1. The first kappa shape index (κ1) is 21.0. The Balaban J connectivity index is 1.70. The maximum absolute atomic E-state index is 12.4. The average Bonchev–Trinajstić information content (AvgIpc) is 3.16. The van der Waals surface area contributed by atoms with Crippen LogP contribution in [0.5, 0.6) is 0 Å². The number of carbonyl (C=O) groups excluding carboxylic acids is 1. The SMILES string of the molecule is CCN(CC)c1ccc(C=NNC(=O)Cn2cnc3c2c(=O)n(C)c(=O)n3C)cc1. The normalized spacial score (nSPS) is 11.3. The van der Waals surface area contributed by atoms with Crippen molar-refractivity contribution in [1.82, 2.24) is 24.1 Å². The molecule has 0 aliphatic rings. The lowest BCUT2D eigenvalue weighted by Crippen LogP contribution is -2.38. The summed E-state index contributed by atoms with van der Waals surface area (Å²) >= 11 is 0. The van der Waals surface area contributed by atoms with E-state index in [1.54, 1.807) is 6.21 Å². The predicted octanol–water partition coefficient (Wildman–Crippen LogP) is 0.430. The van der Waals surface area contributed by atoms with Gasteiger partial charge in [-0.2, -0.15) is 5.10 Å². The first-order valence-electron chi connectivity index (χ1n) is 9.65. The molecule has 158 valence electrons. The quantitative estimate of drug-likeness (QED) is 0.448. The number of nitrogens with one attached hydrogen (secondary N) is 1. The van der Waals surface area contributed by atoms with E-state index in [1.807, 2.05) is 24.3 Å². The number of nitrogens with zero attached hydrogens (tertiary/aromatic N) is 6. The number of fused-ring (bicyclic) bond motifs is 1. The molecule has 10 nitrogen and oxygen atoms in total. The highest BCUT2D eigenvalue weighted by molar-refractivity contribution is 5.83. The molecule has 0 fully saturated rings. The number of aryl methyl sites for hydroxylation is 1. The number of imidazole rings is 1. The van der Waals surface area contributed by atoms with Crippen molar-refractivity contribution < 1.29 is 4.79 Å². The van der Waals surface area contributed by atoms with Crippen molar-refractivity contribution in [3.05, 3.63) is 57.0 Å². The predicted molar refractivity (Wildman–Crippen MR) is 116 cm³/mol. The molecule has 0 saturated carbocycles. The highest BCUT2D eigenvalue weighted by Crippen LogP contribution is 2.14. The van der Waals surface area contributed by atoms with Gasteiger partial charge in [0.2, 0.25) is 0 Å². The summed E-state index contributed by atoms with van der Waals surface area (Å²) in [7, 11) is 2.91. The van der Waals surface area contributed by atoms with Gasteiger partial charge in [0.05, 0.1) is 12.5 Å². The Morgan fingerprint density at radius 2 is 1.80 bits per heavy atom. The van der Waals surface area contributed by atoms with E-state index >= 15 is 0 Å². The Morgan fingerprint density at radius 3 is 2.43 bits per heavy atom. The van der Waals surface area contributed by atoms with E-state index < -0.39 is 17.2 Å². The fourth-order valence-electron chi connectivity index (χ4n) is 3.25. The lowest BCUT2D eigenvalue weighted by molar-refractivity contribution is -0.121. The molecular weight excluding hydrogens is 386 g/mol. The van der Waals surface area contributed by atoms with E-state index in [0.717, 1.165) is 28.9 Å². The fourth-order valence-corrected chi connectivity index (χ4v) is 3.25. The summed E-state index contributed by atoms with van der Waals surface area (Å²) in [6, 6.07) is 7.87. The maximum Gasteiger partial charge on any atom is 0.332 e. The van der Waals surface area contributed by atoms with Crippen LogP contribution in [-0.4, -0.2) is 43.9 Å². The molecular formula is C20H25N7O3. The summed E-state index contributed by atoms with van der Waals surface area (Å²) in [6.45, 7) is 5.92. The summed E-state index contributed by atoms with van der Waals surface area (Å²) in [4.78, 5) is 43.0. The van der Waals surface area contributed by atoms with Crippen molar-refractivity contribution in [2.45, 2.75) is 20.4 Å². The van der Waals surface area contributed by atoms with Crippen LogP contribution >= 0.6 is 0 Å². The van der Waals surface area contributed by atoms with E-state index in [0.29, 0.717) is 0 Å². The first-order valence-corrected chi connectivity index (χ1v) is 9.65. The average molecular weight is 411 g/mol. The van der Waals surface area contributed by atoms with Crippen LogP contribution in [-0.2, 0) is 25.4 Å². The van der Waals surface area contributed by atoms with E-state index in [9.17, 15) is 14.4 Å². The summed E-state index contributed by atoms with van der Waals surface area (Å²) in [5, 5.41) is 3.98. The topological polar surface area (TPSA) is 107 Å². The number of hydrogen-bond acceptors (Lipinski definition) is 6. The lowest BCUT2D eigenvalue weighted by atomic mass is 10.2. The zero-order chi connectivity index (χ0) is 21.8. The Labute approximate surface area is 173 Å². The minimum Gasteiger partial charge on any atom is -0.372 e. The van der Waals surface area contributed by atoms with Crippen LogP contribution in [0.2, 0.25) is 0 Å². The molecule has 0 radical (unpaired) electrons. The smallest absolute Gasteiger partial charge is 0.332 e. The van der Waals surface area contributed by atoms with E-state index in [2.05, 4.69) is 34.3 Å². The van der Waals surface area contributed by atoms with Crippen LogP contribution in [0.4, 0.5) is 5.69 Å². The Morgan fingerprint density at radius 1 is 1.13 bits per heavy atom. The number of aromatic nitrogens is 4. The molecule has 10 heteroatoms. The van der Waals surface area contributed by atoms with Crippen LogP contribution in [0, 0.1) is 0 Å². The van der Waals surface area contributed by atoms with Gasteiger partial charge in [-0.25, -0.2) is 15.2 Å². The summed E-state index contributed by atoms with van der Waals surface area (Å²) < 4.78 is 3.66. The molecule has 0 aliphatic heterocycles. The van der Waals surface area contributed by atoms with Crippen molar-refractivity contribution in [1.29, 1.82) is 0 Å². The molecule has 0 aliphatic carbocycles. The molecule has 0 spiro atoms. The fraction of sp³-hybridized carbons (Fsp3) is 0.350. The largest absolute Gasteiger partial charge is 0.372 e. The minimum absolute atomic E-state index is 0.151.